The zero-order valence-corrected chi connectivity index (χ0v) is 20.4. The second-order valence-electron chi connectivity index (χ2n) is 8.98. The molecule has 0 aromatic heterocycles. The van der Waals surface area contributed by atoms with Gasteiger partial charge in [0.05, 0.1) is 19.8 Å². The van der Waals surface area contributed by atoms with Crippen LogP contribution in [-0.2, 0) is 19.1 Å². The van der Waals surface area contributed by atoms with Crippen LogP contribution in [0.15, 0.2) is 60.0 Å². The molecule has 8 nitrogen and oxygen atoms in total. The number of methoxy groups -OCH3 is 2. The zero-order valence-electron chi connectivity index (χ0n) is 20.4. The van der Waals surface area contributed by atoms with Crippen LogP contribution in [0.1, 0.15) is 42.5 Å². The average Bonchev–Trinajstić information content (AvgIpc) is 3.15. The Kier molecular flexibility index (Phi) is 8.02. The molecule has 0 unspecified atom stereocenters. The highest BCUT2D eigenvalue weighted by Crippen LogP contribution is 2.27. The molecule has 1 aliphatic carbocycles. The maximum absolute atomic E-state index is 13.1. The Balaban J connectivity index is 1.48. The number of nitrogens with zero attached hydrogens (tertiary/aromatic N) is 3. The summed E-state index contributed by atoms with van der Waals surface area (Å²) in [6.07, 6.45) is 13.1. The van der Waals surface area contributed by atoms with Crippen molar-refractivity contribution >= 4 is 23.5 Å². The molecule has 3 aliphatic rings. The van der Waals surface area contributed by atoms with Crippen LogP contribution in [0.4, 0.5) is 5.69 Å². The first-order valence-corrected chi connectivity index (χ1v) is 12.2. The summed E-state index contributed by atoms with van der Waals surface area (Å²) < 4.78 is 9.79. The molecule has 1 aromatic carbocycles. The standard InChI is InChI=1S/C27H33N3O5/c1-34-26(32)23-10-6-7-15-30(24(23)27(33)35-2)22-13-11-20(12-14-22)25(31)29-18-16-28(17-19-29)21-8-4-3-5-9-21/h6-7,10-15,21H,3-5,8-9,16-19H2,1-2H3. The molecule has 1 saturated carbocycles. The lowest BCUT2D eigenvalue weighted by molar-refractivity contribution is -0.139. The second kappa shape index (κ2) is 11.4. The van der Waals surface area contributed by atoms with Crippen molar-refractivity contribution in [1.29, 1.82) is 0 Å². The van der Waals surface area contributed by atoms with Gasteiger partial charge in [-0.1, -0.05) is 25.3 Å². The Labute approximate surface area is 206 Å². The number of anilines is 1. The van der Waals surface area contributed by atoms with Gasteiger partial charge in [-0.3, -0.25) is 9.69 Å². The number of carbonyl (C=O) groups is 3. The molecule has 2 heterocycles. The van der Waals surface area contributed by atoms with E-state index >= 15 is 0 Å². The topological polar surface area (TPSA) is 79.4 Å². The lowest BCUT2D eigenvalue weighted by Crippen LogP contribution is -2.52. The number of carbonyl (C=O) groups excluding carboxylic acids is 3. The number of hydrogen-bond donors (Lipinski definition) is 0. The van der Waals surface area contributed by atoms with E-state index in [9.17, 15) is 14.4 Å². The Morgan fingerprint density at radius 3 is 2.11 bits per heavy atom. The molecule has 2 fully saturated rings. The molecular formula is C27H33N3O5. The number of rotatable bonds is 5. The van der Waals surface area contributed by atoms with Crippen LogP contribution in [-0.4, -0.2) is 74.1 Å². The minimum absolute atomic E-state index is 0.00639. The van der Waals surface area contributed by atoms with Crippen LogP contribution in [0.3, 0.4) is 0 Å². The van der Waals surface area contributed by atoms with Crippen molar-refractivity contribution in [1.82, 2.24) is 9.80 Å². The predicted octanol–water partition coefficient (Wildman–Crippen LogP) is 3.27. The Morgan fingerprint density at radius 2 is 1.49 bits per heavy atom. The van der Waals surface area contributed by atoms with E-state index in [0.717, 1.165) is 26.2 Å². The molecule has 0 spiro atoms. The van der Waals surface area contributed by atoms with Crippen molar-refractivity contribution in [3.05, 3.63) is 65.5 Å². The van der Waals surface area contributed by atoms with Gasteiger partial charge in [0.15, 0.2) is 0 Å². The van der Waals surface area contributed by atoms with Crippen LogP contribution in [0.25, 0.3) is 0 Å². The quantitative estimate of drug-likeness (QED) is 0.600. The van der Waals surface area contributed by atoms with Crippen LogP contribution >= 0.6 is 0 Å². The summed E-state index contributed by atoms with van der Waals surface area (Å²) in [6, 6.07) is 7.70. The van der Waals surface area contributed by atoms with E-state index in [0.29, 0.717) is 17.3 Å². The van der Waals surface area contributed by atoms with Crippen LogP contribution < -0.4 is 4.90 Å². The molecule has 8 heteroatoms. The van der Waals surface area contributed by atoms with Crippen molar-refractivity contribution < 1.29 is 23.9 Å². The third-order valence-corrected chi connectivity index (χ3v) is 6.97. The number of ether oxygens (including phenoxy) is 2. The van der Waals surface area contributed by atoms with Crippen molar-refractivity contribution in [3.8, 4) is 0 Å². The molecule has 1 saturated heterocycles. The molecule has 0 atom stereocenters. The van der Waals surface area contributed by atoms with E-state index in [1.807, 2.05) is 4.90 Å². The normalized spacial score (nSPS) is 19.5. The predicted molar refractivity (Wildman–Crippen MR) is 133 cm³/mol. The number of benzene rings is 1. The highest BCUT2D eigenvalue weighted by molar-refractivity contribution is 6.05. The summed E-state index contributed by atoms with van der Waals surface area (Å²) in [5.41, 5.74) is 1.33. The van der Waals surface area contributed by atoms with E-state index in [1.165, 1.54) is 52.4 Å². The van der Waals surface area contributed by atoms with Crippen molar-refractivity contribution in [3.63, 3.8) is 0 Å². The highest BCUT2D eigenvalue weighted by Gasteiger charge is 2.29. The molecule has 1 aromatic rings. The molecular weight excluding hydrogens is 446 g/mol. The Hall–Kier alpha value is -3.39. The summed E-state index contributed by atoms with van der Waals surface area (Å²) >= 11 is 0. The monoisotopic (exact) mass is 479 g/mol. The first kappa shape index (κ1) is 24.7. The van der Waals surface area contributed by atoms with Crippen LogP contribution in [0.5, 0.6) is 0 Å². The van der Waals surface area contributed by atoms with Crippen LogP contribution in [0.2, 0.25) is 0 Å². The van der Waals surface area contributed by atoms with Crippen LogP contribution in [0, 0.1) is 0 Å². The van der Waals surface area contributed by atoms with Gasteiger partial charge in [-0.2, -0.15) is 0 Å². The number of amides is 1. The first-order chi connectivity index (χ1) is 17.0. The van der Waals surface area contributed by atoms with Gasteiger partial charge >= 0.3 is 11.9 Å². The molecule has 2 aliphatic heterocycles. The zero-order chi connectivity index (χ0) is 24.8. The summed E-state index contributed by atoms with van der Waals surface area (Å²) in [4.78, 5) is 44.1. The van der Waals surface area contributed by atoms with Gasteiger partial charge in [0.2, 0.25) is 0 Å². The number of hydrogen-bond acceptors (Lipinski definition) is 7. The van der Waals surface area contributed by atoms with E-state index in [4.69, 9.17) is 9.47 Å². The molecule has 4 rings (SSSR count). The SMILES string of the molecule is COC(=O)C1=C(C(=O)OC)N(c2ccc(C(=O)N3CCN(C4CCCCC4)CC3)cc2)C=CC=C1. The van der Waals surface area contributed by atoms with Gasteiger partial charge in [0, 0.05) is 49.7 Å². The second-order valence-corrected chi connectivity index (χ2v) is 8.98. The third kappa shape index (κ3) is 5.48. The maximum atomic E-state index is 13.1. The molecule has 0 N–H and O–H groups in total. The number of allylic oxidation sites excluding steroid dienone is 2. The summed E-state index contributed by atoms with van der Waals surface area (Å²) in [5.74, 6) is -1.31. The smallest absolute Gasteiger partial charge is 0.355 e. The first-order valence-electron chi connectivity index (χ1n) is 12.2. The van der Waals surface area contributed by atoms with Crippen molar-refractivity contribution in [2.24, 2.45) is 0 Å². The van der Waals surface area contributed by atoms with Gasteiger partial charge < -0.3 is 19.3 Å². The number of piperazine rings is 1. The fourth-order valence-electron chi connectivity index (χ4n) is 5.05. The minimum atomic E-state index is -0.669. The van der Waals surface area contributed by atoms with Crippen molar-refractivity contribution in [2.75, 3.05) is 45.3 Å². The maximum Gasteiger partial charge on any atom is 0.355 e. The van der Waals surface area contributed by atoms with E-state index in [1.54, 1.807) is 47.5 Å². The molecule has 0 radical (unpaired) electrons. The highest BCUT2D eigenvalue weighted by atomic mass is 16.5. The van der Waals surface area contributed by atoms with Gasteiger partial charge in [0.1, 0.15) is 5.70 Å². The van der Waals surface area contributed by atoms with Crippen molar-refractivity contribution in [2.45, 2.75) is 38.1 Å². The van der Waals surface area contributed by atoms with E-state index in [-0.39, 0.29) is 17.2 Å². The van der Waals surface area contributed by atoms with Gasteiger partial charge in [0.25, 0.3) is 5.91 Å². The lowest BCUT2D eigenvalue weighted by Gasteiger charge is -2.40. The minimum Gasteiger partial charge on any atom is -0.465 e. The number of esters is 2. The third-order valence-electron chi connectivity index (χ3n) is 6.97. The fourth-order valence-corrected chi connectivity index (χ4v) is 5.05. The molecule has 35 heavy (non-hydrogen) atoms. The molecule has 0 bridgehead atoms. The van der Waals surface area contributed by atoms with E-state index < -0.39 is 11.9 Å². The largest absolute Gasteiger partial charge is 0.465 e. The summed E-state index contributed by atoms with van der Waals surface area (Å²) in [5, 5.41) is 0. The van der Waals surface area contributed by atoms with E-state index in [2.05, 4.69) is 4.90 Å². The average molecular weight is 480 g/mol. The fraction of sp³-hybridized carbons (Fsp3) is 0.444. The van der Waals surface area contributed by atoms with Gasteiger partial charge in [-0.05, 0) is 49.3 Å². The summed E-state index contributed by atoms with van der Waals surface area (Å²) in [6.45, 7) is 3.30. The Morgan fingerprint density at radius 1 is 0.829 bits per heavy atom. The van der Waals surface area contributed by atoms with Gasteiger partial charge in [-0.15, -0.1) is 0 Å². The molecule has 186 valence electrons. The molecule has 1 amide bonds. The Bertz CT molecular complexity index is 1030. The summed E-state index contributed by atoms with van der Waals surface area (Å²) in [7, 11) is 2.52. The van der Waals surface area contributed by atoms with Gasteiger partial charge in [-0.25, -0.2) is 9.59 Å². The lowest BCUT2D eigenvalue weighted by atomic mass is 9.94.